The fraction of sp³-hybridized carbons (Fsp3) is 0.609. The highest BCUT2D eigenvalue weighted by Gasteiger charge is 2.29. The van der Waals surface area contributed by atoms with Gasteiger partial charge in [0.15, 0.2) is 0 Å². The highest BCUT2D eigenvalue weighted by molar-refractivity contribution is 5.81. The zero-order valence-electron chi connectivity index (χ0n) is 18.5. The number of benzene rings is 1. The quantitative estimate of drug-likeness (QED) is 0.760. The molecule has 0 radical (unpaired) electrons. The summed E-state index contributed by atoms with van der Waals surface area (Å²) in [5, 5.41) is 13.4. The van der Waals surface area contributed by atoms with Crippen molar-refractivity contribution in [1.82, 2.24) is 19.8 Å². The van der Waals surface area contributed by atoms with Gasteiger partial charge in [0.1, 0.15) is 12.4 Å². The molecule has 1 aliphatic rings. The van der Waals surface area contributed by atoms with Crippen LogP contribution in [0.25, 0.3) is 11.0 Å². The first kappa shape index (κ1) is 22.3. The van der Waals surface area contributed by atoms with Gasteiger partial charge in [-0.05, 0) is 30.9 Å². The number of hydrogen-bond donors (Lipinski definition) is 2. The number of fused-ring (bicyclic) bond motifs is 1. The van der Waals surface area contributed by atoms with Crippen LogP contribution in [-0.4, -0.2) is 56.6 Å². The molecule has 2 atom stereocenters. The Labute approximate surface area is 178 Å². The predicted molar refractivity (Wildman–Crippen MR) is 117 cm³/mol. The molecule has 2 heterocycles. The molecular formula is C23H34N4O3. The molecule has 1 saturated heterocycles. The van der Waals surface area contributed by atoms with Gasteiger partial charge in [-0.2, -0.15) is 0 Å². The minimum Gasteiger partial charge on any atom is -0.391 e. The molecule has 7 heteroatoms. The molecule has 1 aromatic carbocycles. The van der Waals surface area contributed by atoms with E-state index in [1.165, 1.54) is 0 Å². The number of nitrogens with one attached hydrogen (secondary N) is 1. The molecule has 0 saturated carbocycles. The van der Waals surface area contributed by atoms with Gasteiger partial charge < -0.3 is 19.9 Å². The third kappa shape index (κ3) is 5.19. The minimum atomic E-state index is -0.643. The average molecular weight is 415 g/mol. The van der Waals surface area contributed by atoms with Crippen molar-refractivity contribution in [3.63, 3.8) is 0 Å². The Hall–Kier alpha value is -2.41. The number of para-hydroxylation sites is 2. The lowest BCUT2D eigenvalue weighted by molar-refractivity contribution is -0.131. The monoisotopic (exact) mass is 414 g/mol. The van der Waals surface area contributed by atoms with Crippen LogP contribution in [0.2, 0.25) is 0 Å². The minimum absolute atomic E-state index is 0.0196. The second kappa shape index (κ2) is 9.60. The van der Waals surface area contributed by atoms with Crippen molar-refractivity contribution in [2.45, 2.75) is 65.6 Å². The van der Waals surface area contributed by atoms with E-state index in [2.05, 4.69) is 19.2 Å². The Balaban J connectivity index is 1.73. The first-order chi connectivity index (χ1) is 14.3. The molecule has 3 rings (SSSR count). The summed E-state index contributed by atoms with van der Waals surface area (Å²) in [6.45, 7) is 9.20. The first-order valence-electron chi connectivity index (χ1n) is 11.0. The van der Waals surface area contributed by atoms with Crippen molar-refractivity contribution in [2.75, 3.05) is 13.1 Å². The van der Waals surface area contributed by atoms with Crippen LogP contribution in [0.15, 0.2) is 24.3 Å². The molecule has 0 unspecified atom stereocenters. The maximum Gasteiger partial charge on any atom is 0.242 e. The van der Waals surface area contributed by atoms with Crippen molar-refractivity contribution in [2.24, 2.45) is 11.8 Å². The van der Waals surface area contributed by atoms with Gasteiger partial charge in [-0.15, -0.1) is 0 Å². The van der Waals surface area contributed by atoms with Crippen molar-refractivity contribution in [1.29, 1.82) is 0 Å². The maximum atomic E-state index is 13.2. The molecule has 1 aromatic heterocycles. The summed E-state index contributed by atoms with van der Waals surface area (Å²) in [6.07, 6.45) is 1.17. The molecule has 0 aliphatic carbocycles. The van der Waals surface area contributed by atoms with E-state index in [0.717, 1.165) is 23.3 Å². The molecule has 1 aliphatic heterocycles. The number of aromatic nitrogens is 2. The molecule has 30 heavy (non-hydrogen) atoms. The smallest absolute Gasteiger partial charge is 0.242 e. The van der Waals surface area contributed by atoms with Crippen LogP contribution >= 0.6 is 0 Å². The van der Waals surface area contributed by atoms with E-state index in [0.29, 0.717) is 31.8 Å². The molecule has 1 fully saturated rings. The van der Waals surface area contributed by atoms with Crippen molar-refractivity contribution < 1.29 is 14.7 Å². The molecule has 2 amide bonds. The van der Waals surface area contributed by atoms with Crippen molar-refractivity contribution in [3.05, 3.63) is 30.1 Å². The lowest BCUT2D eigenvalue weighted by Crippen LogP contribution is -2.44. The van der Waals surface area contributed by atoms with E-state index in [4.69, 9.17) is 4.98 Å². The Morgan fingerprint density at radius 2 is 1.87 bits per heavy atom. The summed E-state index contributed by atoms with van der Waals surface area (Å²) < 4.78 is 2.02. The summed E-state index contributed by atoms with van der Waals surface area (Å²) in [5.41, 5.74) is 1.88. The van der Waals surface area contributed by atoms with Crippen molar-refractivity contribution >= 4 is 22.8 Å². The van der Waals surface area contributed by atoms with Gasteiger partial charge in [-0.1, -0.05) is 39.8 Å². The third-order valence-corrected chi connectivity index (χ3v) is 5.69. The number of rotatable bonds is 6. The summed E-state index contributed by atoms with van der Waals surface area (Å²) in [4.78, 5) is 31.7. The number of aliphatic hydroxyl groups excluding tert-OH is 1. The molecular weight excluding hydrogens is 380 g/mol. The van der Waals surface area contributed by atoms with E-state index >= 15 is 0 Å². The Bertz CT molecular complexity index is 890. The van der Waals surface area contributed by atoms with E-state index in [1.807, 2.05) is 42.7 Å². The summed E-state index contributed by atoms with van der Waals surface area (Å²) in [7, 11) is 0. The second-order valence-corrected chi connectivity index (χ2v) is 9.00. The van der Waals surface area contributed by atoms with Crippen LogP contribution in [0.5, 0.6) is 0 Å². The van der Waals surface area contributed by atoms with Gasteiger partial charge in [-0.25, -0.2) is 4.98 Å². The van der Waals surface area contributed by atoms with Crippen LogP contribution in [0, 0.1) is 11.8 Å². The number of imidazole rings is 1. The fourth-order valence-corrected chi connectivity index (χ4v) is 3.91. The van der Waals surface area contributed by atoms with Gasteiger partial charge in [-0.3, -0.25) is 9.59 Å². The van der Waals surface area contributed by atoms with Crippen LogP contribution < -0.4 is 5.32 Å². The van der Waals surface area contributed by atoms with Gasteiger partial charge in [0.2, 0.25) is 11.8 Å². The number of aliphatic hydroxyl groups is 1. The van der Waals surface area contributed by atoms with E-state index in [-0.39, 0.29) is 30.3 Å². The number of amides is 2. The second-order valence-electron chi connectivity index (χ2n) is 9.00. The van der Waals surface area contributed by atoms with Gasteiger partial charge in [0.25, 0.3) is 0 Å². The molecule has 7 nitrogen and oxygen atoms in total. The third-order valence-electron chi connectivity index (χ3n) is 5.69. The van der Waals surface area contributed by atoms with Crippen LogP contribution in [0.4, 0.5) is 0 Å². The predicted octanol–water partition coefficient (Wildman–Crippen LogP) is 2.36. The molecule has 164 valence electrons. The standard InChI is InChI=1S/C23H34N4O3/c1-15(2)13-21-24-17-7-5-6-8-19(17)27(21)14-22(29)26-11-9-18(20(28)10-12-26)25-23(30)16(3)4/h5-8,15-16,18,20,28H,9-14H2,1-4H3,(H,25,30)/t18-,20-/m0/s1. The Morgan fingerprint density at radius 1 is 1.17 bits per heavy atom. The summed E-state index contributed by atoms with van der Waals surface area (Å²) in [5.74, 6) is 1.19. The SMILES string of the molecule is CC(C)Cc1nc2ccccc2n1CC(=O)N1CC[C@H](NC(=O)C(C)C)[C@@H](O)CC1. The van der Waals surface area contributed by atoms with Gasteiger partial charge in [0.05, 0.1) is 23.2 Å². The maximum absolute atomic E-state index is 13.2. The lowest BCUT2D eigenvalue weighted by atomic mass is 10.1. The number of nitrogens with zero attached hydrogens (tertiary/aromatic N) is 3. The fourth-order valence-electron chi connectivity index (χ4n) is 3.91. The molecule has 0 bridgehead atoms. The number of likely N-dealkylation sites (tertiary alicyclic amines) is 1. The first-order valence-corrected chi connectivity index (χ1v) is 11.0. The molecule has 2 aromatic rings. The Morgan fingerprint density at radius 3 is 2.57 bits per heavy atom. The number of hydrogen-bond acceptors (Lipinski definition) is 4. The van der Waals surface area contributed by atoms with Crippen molar-refractivity contribution in [3.8, 4) is 0 Å². The molecule has 0 spiro atoms. The highest BCUT2D eigenvalue weighted by Crippen LogP contribution is 2.20. The van der Waals surface area contributed by atoms with Crippen LogP contribution in [0.3, 0.4) is 0 Å². The van der Waals surface area contributed by atoms with Gasteiger partial charge >= 0.3 is 0 Å². The largest absolute Gasteiger partial charge is 0.391 e. The zero-order valence-corrected chi connectivity index (χ0v) is 18.5. The van der Waals surface area contributed by atoms with E-state index in [9.17, 15) is 14.7 Å². The van der Waals surface area contributed by atoms with Gasteiger partial charge in [0, 0.05) is 25.4 Å². The normalized spacial score (nSPS) is 20.0. The zero-order chi connectivity index (χ0) is 21.8. The average Bonchev–Trinajstić information content (AvgIpc) is 2.90. The van der Waals surface area contributed by atoms with E-state index < -0.39 is 6.10 Å². The highest BCUT2D eigenvalue weighted by atomic mass is 16.3. The number of carbonyl (C=O) groups excluding carboxylic acids is 2. The lowest BCUT2D eigenvalue weighted by Gasteiger charge is -2.23. The summed E-state index contributed by atoms with van der Waals surface area (Å²) >= 11 is 0. The molecule has 2 N–H and O–H groups in total. The topological polar surface area (TPSA) is 87.5 Å². The van der Waals surface area contributed by atoms with Crippen LogP contribution in [0.1, 0.15) is 46.4 Å². The summed E-state index contributed by atoms with van der Waals surface area (Å²) in [6, 6.07) is 7.59. The van der Waals surface area contributed by atoms with E-state index in [1.54, 1.807) is 4.90 Å². The van der Waals surface area contributed by atoms with Crippen LogP contribution in [-0.2, 0) is 22.6 Å². The number of carbonyl (C=O) groups is 2. The Kier molecular flexibility index (Phi) is 7.13.